The van der Waals surface area contributed by atoms with Crippen molar-refractivity contribution in [3.05, 3.63) is 47.1 Å². The lowest BCUT2D eigenvalue weighted by Gasteiger charge is -2.08. The molecule has 2 aromatic rings. The average Bonchev–Trinajstić information content (AvgIpc) is 2.73. The first kappa shape index (κ1) is 12.4. The van der Waals surface area contributed by atoms with Crippen molar-refractivity contribution in [2.24, 2.45) is 0 Å². The molecule has 1 heterocycles. The number of nitrogens with one attached hydrogen (secondary N) is 2. The molecule has 0 aliphatic heterocycles. The van der Waals surface area contributed by atoms with Crippen LogP contribution >= 0.6 is 0 Å². The van der Waals surface area contributed by atoms with Crippen molar-refractivity contribution < 1.29 is 17.6 Å². The molecule has 96 valence electrons. The van der Waals surface area contributed by atoms with Crippen molar-refractivity contribution in [3.8, 4) is 0 Å². The molecular formula is C11H9F4N3. The molecule has 1 aromatic heterocycles. The second kappa shape index (κ2) is 4.67. The number of halogens is 4. The van der Waals surface area contributed by atoms with Crippen LogP contribution in [0.1, 0.15) is 11.5 Å². The molecule has 0 aliphatic rings. The Kier molecular flexibility index (Phi) is 3.22. The SMILES string of the molecule is Cc1ncc(CNc2c(F)c(F)cc(F)c2F)[nH]1. The minimum atomic E-state index is -1.45. The Hall–Kier alpha value is -2.05. The van der Waals surface area contributed by atoms with Gasteiger partial charge in [-0.2, -0.15) is 0 Å². The number of benzene rings is 1. The van der Waals surface area contributed by atoms with E-state index in [1.54, 1.807) is 6.92 Å². The van der Waals surface area contributed by atoms with Gasteiger partial charge < -0.3 is 10.3 Å². The lowest BCUT2D eigenvalue weighted by atomic mass is 10.2. The van der Waals surface area contributed by atoms with Gasteiger partial charge in [0.1, 0.15) is 11.5 Å². The van der Waals surface area contributed by atoms with Crippen LogP contribution in [-0.4, -0.2) is 9.97 Å². The van der Waals surface area contributed by atoms with Crippen LogP contribution in [0, 0.1) is 30.2 Å². The lowest BCUT2D eigenvalue weighted by molar-refractivity contribution is 0.458. The highest BCUT2D eigenvalue weighted by Gasteiger charge is 2.18. The summed E-state index contributed by atoms with van der Waals surface area (Å²) in [6.45, 7) is 1.67. The maximum absolute atomic E-state index is 13.3. The Balaban J connectivity index is 2.24. The number of H-pyrrole nitrogens is 1. The van der Waals surface area contributed by atoms with Crippen molar-refractivity contribution in [3.63, 3.8) is 0 Å². The Morgan fingerprint density at radius 1 is 1.17 bits per heavy atom. The van der Waals surface area contributed by atoms with Gasteiger partial charge in [-0.05, 0) is 6.92 Å². The second-order valence-corrected chi connectivity index (χ2v) is 3.69. The van der Waals surface area contributed by atoms with Crippen LogP contribution < -0.4 is 5.32 Å². The van der Waals surface area contributed by atoms with Gasteiger partial charge in [0.15, 0.2) is 23.3 Å². The van der Waals surface area contributed by atoms with Gasteiger partial charge in [-0.15, -0.1) is 0 Å². The fourth-order valence-corrected chi connectivity index (χ4v) is 1.47. The third-order valence-corrected chi connectivity index (χ3v) is 2.32. The molecule has 0 radical (unpaired) electrons. The van der Waals surface area contributed by atoms with Gasteiger partial charge in [0.25, 0.3) is 0 Å². The van der Waals surface area contributed by atoms with E-state index in [9.17, 15) is 17.6 Å². The monoisotopic (exact) mass is 259 g/mol. The Labute approximate surface area is 99.9 Å². The van der Waals surface area contributed by atoms with E-state index in [2.05, 4.69) is 15.3 Å². The molecule has 0 fully saturated rings. The number of aromatic nitrogens is 2. The van der Waals surface area contributed by atoms with Gasteiger partial charge >= 0.3 is 0 Å². The minimum Gasteiger partial charge on any atom is -0.374 e. The van der Waals surface area contributed by atoms with Crippen LogP contribution in [0.15, 0.2) is 12.3 Å². The summed E-state index contributed by atoms with van der Waals surface area (Å²) < 4.78 is 52.4. The van der Waals surface area contributed by atoms with Gasteiger partial charge in [-0.25, -0.2) is 22.5 Å². The van der Waals surface area contributed by atoms with E-state index in [-0.39, 0.29) is 12.6 Å². The number of nitrogens with zero attached hydrogens (tertiary/aromatic N) is 1. The standard InChI is InChI=1S/C11H9F4N3/c1-5-16-3-6(18-5)4-17-11-9(14)7(12)2-8(13)10(11)15/h2-3,17H,4H2,1H3,(H,16,18). The number of aryl methyl sites for hydroxylation is 1. The highest BCUT2D eigenvalue weighted by Crippen LogP contribution is 2.24. The summed E-state index contributed by atoms with van der Waals surface area (Å²) in [6, 6.07) is 0.163. The van der Waals surface area contributed by atoms with Crippen LogP contribution in [0.3, 0.4) is 0 Å². The van der Waals surface area contributed by atoms with Gasteiger partial charge in [0.05, 0.1) is 18.4 Å². The van der Waals surface area contributed by atoms with E-state index >= 15 is 0 Å². The molecule has 0 unspecified atom stereocenters. The molecule has 18 heavy (non-hydrogen) atoms. The van der Waals surface area contributed by atoms with Crippen LogP contribution in [0.5, 0.6) is 0 Å². The summed E-state index contributed by atoms with van der Waals surface area (Å²) in [5.74, 6) is -5.18. The zero-order valence-corrected chi connectivity index (χ0v) is 9.32. The highest BCUT2D eigenvalue weighted by atomic mass is 19.2. The van der Waals surface area contributed by atoms with E-state index in [1.807, 2.05) is 0 Å². The Bertz CT molecular complexity index is 554. The largest absolute Gasteiger partial charge is 0.374 e. The highest BCUT2D eigenvalue weighted by molar-refractivity contribution is 5.47. The quantitative estimate of drug-likeness (QED) is 0.657. The van der Waals surface area contributed by atoms with Crippen molar-refractivity contribution >= 4 is 5.69 Å². The van der Waals surface area contributed by atoms with E-state index < -0.39 is 29.0 Å². The predicted octanol–water partition coefficient (Wildman–Crippen LogP) is 2.89. The number of imidazole rings is 1. The van der Waals surface area contributed by atoms with Gasteiger partial charge in [-0.3, -0.25) is 0 Å². The molecule has 0 spiro atoms. The molecule has 2 rings (SSSR count). The molecule has 0 saturated heterocycles. The summed E-state index contributed by atoms with van der Waals surface area (Å²) in [6.07, 6.45) is 1.45. The number of rotatable bonds is 3. The summed E-state index contributed by atoms with van der Waals surface area (Å²) in [4.78, 5) is 6.69. The van der Waals surface area contributed by atoms with E-state index in [0.29, 0.717) is 11.5 Å². The summed E-state index contributed by atoms with van der Waals surface area (Å²) in [5.41, 5.74) is -0.296. The molecule has 7 heteroatoms. The number of aromatic amines is 1. The third kappa shape index (κ3) is 2.29. The molecule has 0 bridgehead atoms. The van der Waals surface area contributed by atoms with Gasteiger partial charge in [0.2, 0.25) is 0 Å². The Morgan fingerprint density at radius 2 is 1.78 bits per heavy atom. The molecular weight excluding hydrogens is 250 g/mol. The van der Waals surface area contributed by atoms with E-state index in [0.717, 1.165) is 0 Å². The predicted molar refractivity (Wildman–Crippen MR) is 56.9 cm³/mol. The van der Waals surface area contributed by atoms with Crippen molar-refractivity contribution in [2.75, 3.05) is 5.32 Å². The molecule has 0 aliphatic carbocycles. The zero-order chi connectivity index (χ0) is 13.3. The van der Waals surface area contributed by atoms with Crippen molar-refractivity contribution in [1.82, 2.24) is 9.97 Å². The molecule has 0 amide bonds. The topological polar surface area (TPSA) is 40.7 Å². The molecule has 0 atom stereocenters. The smallest absolute Gasteiger partial charge is 0.185 e. The summed E-state index contributed by atoms with van der Waals surface area (Å²) >= 11 is 0. The molecule has 3 nitrogen and oxygen atoms in total. The van der Waals surface area contributed by atoms with Crippen LogP contribution in [-0.2, 0) is 6.54 Å². The average molecular weight is 259 g/mol. The number of hydrogen-bond donors (Lipinski definition) is 2. The maximum atomic E-state index is 13.3. The van der Waals surface area contributed by atoms with Crippen LogP contribution in [0.2, 0.25) is 0 Å². The second-order valence-electron chi connectivity index (χ2n) is 3.69. The van der Waals surface area contributed by atoms with Crippen LogP contribution in [0.25, 0.3) is 0 Å². The van der Waals surface area contributed by atoms with Gasteiger partial charge in [0, 0.05) is 6.07 Å². The number of anilines is 1. The Morgan fingerprint density at radius 3 is 2.28 bits per heavy atom. The summed E-state index contributed by atoms with van der Waals surface area (Å²) in [5, 5.41) is 2.29. The van der Waals surface area contributed by atoms with E-state index in [4.69, 9.17) is 0 Å². The first-order valence-electron chi connectivity index (χ1n) is 5.06. The lowest BCUT2D eigenvalue weighted by Crippen LogP contribution is -2.07. The van der Waals surface area contributed by atoms with Crippen molar-refractivity contribution in [1.29, 1.82) is 0 Å². The van der Waals surface area contributed by atoms with Crippen molar-refractivity contribution in [2.45, 2.75) is 13.5 Å². The molecule has 0 saturated carbocycles. The normalized spacial score (nSPS) is 10.7. The molecule has 2 N–H and O–H groups in total. The third-order valence-electron chi connectivity index (χ3n) is 2.32. The van der Waals surface area contributed by atoms with Gasteiger partial charge in [-0.1, -0.05) is 0 Å². The fourth-order valence-electron chi connectivity index (χ4n) is 1.47. The van der Waals surface area contributed by atoms with E-state index in [1.165, 1.54) is 6.20 Å². The molecule has 1 aromatic carbocycles. The first-order valence-corrected chi connectivity index (χ1v) is 5.06. The fraction of sp³-hybridized carbons (Fsp3) is 0.182. The first-order chi connectivity index (χ1) is 8.49. The van der Waals surface area contributed by atoms with Crippen LogP contribution in [0.4, 0.5) is 23.2 Å². The summed E-state index contributed by atoms with van der Waals surface area (Å²) in [7, 11) is 0. The maximum Gasteiger partial charge on any atom is 0.185 e. The minimum absolute atomic E-state index is 0.0302. The zero-order valence-electron chi connectivity index (χ0n) is 9.32. The number of hydrogen-bond acceptors (Lipinski definition) is 2.